The zero-order chi connectivity index (χ0) is 17.1. The molecule has 3 rings (SSSR count). The second-order valence-corrected chi connectivity index (χ2v) is 5.47. The van der Waals surface area contributed by atoms with E-state index < -0.39 is 6.17 Å². The normalized spacial score (nSPS) is 17.0. The monoisotopic (exact) mass is 324 g/mol. The van der Waals surface area contributed by atoms with Crippen LogP contribution in [0, 0.1) is 18.4 Å². The van der Waals surface area contributed by atoms with Gasteiger partial charge in [0.25, 0.3) is 5.89 Å². The Kier molecular flexibility index (Phi) is 4.16. The van der Waals surface area contributed by atoms with Crippen molar-refractivity contribution in [1.29, 1.82) is 5.26 Å². The van der Waals surface area contributed by atoms with Gasteiger partial charge in [0, 0.05) is 7.05 Å². The van der Waals surface area contributed by atoms with Gasteiger partial charge in [0.15, 0.2) is 23.8 Å². The van der Waals surface area contributed by atoms with Crippen molar-refractivity contribution in [2.45, 2.75) is 19.5 Å². The summed E-state index contributed by atoms with van der Waals surface area (Å²) in [6, 6.07) is 8.02. The summed E-state index contributed by atoms with van der Waals surface area (Å²) < 4.78 is 5.61. The molecule has 8 nitrogen and oxygen atoms in total. The average Bonchev–Trinajstić information content (AvgIpc) is 3.02. The fourth-order valence-electron chi connectivity index (χ4n) is 2.30. The molecule has 0 saturated heterocycles. The molecule has 24 heavy (non-hydrogen) atoms. The van der Waals surface area contributed by atoms with E-state index in [0.717, 1.165) is 5.56 Å². The first-order chi connectivity index (χ1) is 11.6. The number of aliphatic hydroxyl groups excluding tert-OH is 1. The Morgan fingerprint density at radius 1 is 1.33 bits per heavy atom. The van der Waals surface area contributed by atoms with Crippen LogP contribution < -0.4 is 5.32 Å². The molecule has 2 N–H and O–H groups in total. The molecule has 0 spiro atoms. The summed E-state index contributed by atoms with van der Waals surface area (Å²) in [5, 5.41) is 29.5. The summed E-state index contributed by atoms with van der Waals surface area (Å²) >= 11 is 0. The molecule has 1 atom stereocenters. The minimum Gasteiger partial charge on any atom is -0.506 e. The lowest BCUT2D eigenvalue weighted by molar-refractivity contribution is 0.264. The van der Waals surface area contributed by atoms with Crippen molar-refractivity contribution in [3.05, 3.63) is 52.9 Å². The van der Waals surface area contributed by atoms with Crippen LogP contribution in [0.25, 0.3) is 5.70 Å². The SMILES string of the molecule is Cc1ccc(Cc2nnc(C3=C(O)C(NC#N)N(C)C=N3)o2)cc1. The molecular weight excluding hydrogens is 308 g/mol. The number of nitrogens with one attached hydrogen (secondary N) is 1. The van der Waals surface area contributed by atoms with Gasteiger partial charge in [-0.15, -0.1) is 10.2 Å². The molecule has 1 aliphatic heterocycles. The highest BCUT2D eigenvalue weighted by Gasteiger charge is 2.28. The summed E-state index contributed by atoms with van der Waals surface area (Å²) in [4.78, 5) is 5.67. The number of hydrogen-bond acceptors (Lipinski definition) is 8. The van der Waals surface area contributed by atoms with Crippen LogP contribution in [0.5, 0.6) is 0 Å². The smallest absolute Gasteiger partial charge is 0.270 e. The molecule has 1 aromatic carbocycles. The molecule has 1 aliphatic rings. The van der Waals surface area contributed by atoms with Crippen molar-refractivity contribution in [3.8, 4) is 6.19 Å². The average molecular weight is 324 g/mol. The molecule has 0 amide bonds. The van der Waals surface area contributed by atoms with E-state index in [1.807, 2.05) is 31.2 Å². The first-order valence-corrected chi connectivity index (χ1v) is 7.30. The van der Waals surface area contributed by atoms with Crippen LogP contribution in [-0.4, -0.2) is 39.8 Å². The van der Waals surface area contributed by atoms with Crippen molar-refractivity contribution in [1.82, 2.24) is 20.4 Å². The van der Waals surface area contributed by atoms with Crippen LogP contribution in [-0.2, 0) is 6.42 Å². The van der Waals surface area contributed by atoms with E-state index in [1.54, 1.807) is 18.1 Å². The van der Waals surface area contributed by atoms with Crippen LogP contribution in [0.1, 0.15) is 22.9 Å². The highest BCUT2D eigenvalue weighted by atomic mass is 16.4. The molecule has 0 fully saturated rings. The van der Waals surface area contributed by atoms with Gasteiger partial charge in [-0.05, 0) is 12.5 Å². The standard InChI is InChI=1S/C16H16N6O2/c1-10-3-5-11(6-4-10)7-12-20-21-16(24-12)13-14(23)15(18-8-17)22(2)9-19-13/h3-6,9,15,18,23H,7H2,1-2H3. The number of aliphatic imine (C=N–C) groups is 1. The third-order valence-electron chi connectivity index (χ3n) is 3.62. The number of aryl methyl sites for hydroxylation is 1. The van der Waals surface area contributed by atoms with Gasteiger partial charge in [0.2, 0.25) is 5.89 Å². The Bertz CT molecular complexity index is 831. The number of likely N-dealkylation sites (N-methyl/N-ethyl adjacent to an activating group) is 1. The Morgan fingerprint density at radius 2 is 2.08 bits per heavy atom. The van der Waals surface area contributed by atoms with E-state index in [0.29, 0.717) is 12.3 Å². The maximum atomic E-state index is 10.3. The first kappa shape index (κ1) is 15.6. The van der Waals surface area contributed by atoms with Crippen molar-refractivity contribution < 1.29 is 9.52 Å². The third kappa shape index (κ3) is 3.05. The molecule has 2 aromatic rings. The van der Waals surface area contributed by atoms with Gasteiger partial charge < -0.3 is 14.4 Å². The highest BCUT2D eigenvalue weighted by molar-refractivity contribution is 5.74. The van der Waals surface area contributed by atoms with Crippen molar-refractivity contribution in [2.24, 2.45) is 4.99 Å². The van der Waals surface area contributed by atoms with Crippen LogP contribution in [0.4, 0.5) is 0 Å². The molecular formula is C16H16N6O2. The molecule has 0 bridgehead atoms. The fourth-order valence-corrected chi connectivity index (χ4v) is 2.30. The van der Waals surface area contributed by atoms with Crippen molar-refractivity contribution >= 4 is 12.0 Å². The molecule has 2 heterocycles. The zero-order valence-corrected chi connectivity index (χ0v) is 13.3. The Balaban J connectivity index is 1.83. The maximum absolute atomic E-state index is 10.3. The van der Waals surface area contributed by atoms with Gasteiger partial charge in [0.1, 0.15) is 0 Å². The van der Waals surface area contributed by atoms with Gasteiger partial charge >= 0.3 is 0 Å². The van der Waals surface area contributed by atoms with E-state index in [-0.39, 0.29) is 17.3 Å². The van der Waals surface area contributed by atoms with Crippen LogP contribution in [0.15, 0.2) is 39.4 Å². The van der Waals surface area contributed by atoms with E-state index in [1.165, 1.54) is 11.9 Å². The minimum atomic E-state index is -0.713. The molecule has 0 radical (unpaired) electrons. The van der Waals surface area contributed by atoms with Gasteiger partial charge in [0.05, 0.1) is 12.8 Å². The largest absolute Gasteiger partial charge is 0.506 e. The van der Waals surface area contributed by atoms with Gasteiger partial charge in [-0.2, -0.15) is 5.26 Å². The molecule has 8 heteroatoms. The third-order valence-corrected chi connectivity index (χ3v) is 3.62. The van der Waals surface area contributed by atoms with E-state index in [9.17, 15) is 5.11 Å². The van der Waals surface area contributed by atoms with Crippen molar-refractivity contribution in [2.75, 3.05) is 7.05 Å². The van der Waals surface area contributed by atoms with Gasteiger partial charge in [-0.25, -0.2) is 4.99 Å². The van der Waals surface area contributed by atoms with Gasteiger partial charge in [-0.3, -0.25) is 5.32 Å². The van der Waals surface area contributed by atoms with Crippen molar-refractivity contribution in [3.63, 3.8) is 0 Å². The van der Waals surface area contributed by atoms with Gasteiger partial charge in [-0.1, -0.05) is 29.8 Å². The summed E-state index contributed by atoms with van der Waals surface area (Å²) in [5.74, 6) is 0.392. The lowest BCUT2D eigenvalue weighted by atomic mass is 10.1. The summed E-state index contributed by atoms with van der Waals surface area (Å²) in [5.41, 5.74) is 2.38. The maximum Gasteiger partial charge on any atom is 0.270 e. The fraction of sp³-hybridized carbons (Fsp3) is 0.250. The number of nitriles is 1. The molecule has 122 valence electrons. The van der Waals surface area contributed by atoms with Crippen LogP contribution in [0.2, 0.25) is 0 Å². The number of hydrogen-bond donors (Lipinski definition) is 2. The van der Waals surface area contributed by atoms with Crippen LogP contribution in [0.3, 0.4) is 0 Å². The lowest BCUT2D eigenvalue weighted by Gasteiger charge is -2.27. The Labute approximate surface area is 138 Å². The highest BCUT2D eigenvalue weighted by Crippen LogP contribution is 2.24. The molecule has 1 unspecified atom stereocenters. The van der Waals surface area contributed by atoms with E-state index in [4.69, 9.17) is 9.68 Å². The predicted octanol–water partition coefficient (Wildman–Crippen LogP) is 1.57. The quantitative estimate of drug-likeness (QED) is 0.648. The topological polar surface area (TPSA) is 111 Å². The number of rotatable bonds is 4. The zero-order valence-electron chi connectivity index (χ0n) is 13.3. The summed E-state index contributed by atoms with van der Waals surface area (Å²) in [7, 11) is 1.68. The number of benzene rings is 1. The minimum absolute atomic E-state index is 0.115. The van der Waals surface area contributed by atoms with E-state index >= 15 is 0 Å². The second kappa shape index (κ2) is 6.42. The lowest BCUT2D eigenvalue weighted by Crippen LogP contribution is -2.44. The molecule has 0 aliphatic carbocycles. The predicted molar refractivity (Wildman–Crippen MR) is 86.6 cm³/mol. The Morgan fingerprint density at radius 3 is 2.79 bits per heavy atom. The van der Waals surface area contributed by atoms with E-state index in [2.05, 4.69) is 20.5 Å². The first-order valence-electron chi connectivity index (χ1n) is 7.30. The Hall–Kier alpha value is -3.34. The second-order valence-electron chi connectivity index (χ2n) is 5.47. The summed E-state index contributed by atoms with van der Waals surface area (Å²) in [6.45, 7) is 2.02. The summed E-state index contributed by atoms with van der Waals surface area (Å²) in [6.07, 6.45) is 3.06. The number of aliphatic hydroxyl groups is 1. The molecule has 0 saturated carbocycles. The number of aromatic nitrogens is 2. The van der Waals surface area contributed by atoms with Crippen LogP contribution >= 0.6 is 0 Å². The number of nitrogens with zero attached hydrogens (tertiary/aromatic N) is 5. The molecule has 1 aromatic heterocycles.